The molecule has 0 bridgehead atoms. The highest BCUT2D eigenvalue weighted by Gasteiger charge is 2.23. The van der Waals surface area contributed by atoms with Crippen molar-refractivity contribution in [1.29, 1.82) is 10.5 Å². The quantitative estimate of drug-likeness (QED) is 0.650. The molecule has 7 nitrogen and oxygen atoms in total. The lowest BCUT2D eigenvalue weighted by Crippen LogP contribution is -2.23. The molecule has 0 aliphatic carbocycles. The van der Waals surface area contributed by atoms with Gasteiger partial charge in [-0.2, -0.15) is 15.6 Å². The van der Waals surface area contributed by atoms with E-state index in [1.165, 1.54) is 4.90 Å². The van der Waals surface area contributed by atoms with E-state index in [2.05, 4.69) is 10.5 Å². The molecule has 0 radical (unpaired) electrons. The zero-order valence-corrected chi connectivity index (χ0v) is 9.83. The summed E-state index contributed by atoms with van der Waals surface area (Å²) in [6.07, 6.45) is -0.393. The van der Waals surface area contributed by atoms with Crippen LogP contribution in [0.25, 0.3) is 0 Å². The first kappa shape index (κ1) is 12.4. The molecule has 1 aliphatic rings. The fourth-order valence-corrected chi connectivity index (χ4v) is 1.57. The van der Waals surface area contributed by atoms with E-state index in [4.69, 9.17) is 15.3 Å². The van der Waals surface area contributed by atoms with Crippen LogP contribution >= 0.6 is 0 Å². The number of carbonyl (C=O) groups is 1. The van der Waals surface area contributed by atoms with Gasteiger partial charge < -0.3 is 4.74 Å². The van der Waals surface area contributed by atoms with Gasteiger partial charge in [0.2, 0.25) is 5.71 Å². The fourth-order valence-electron chi connectivity index (χ4n) is 1.57. The number of nitrogens with zero attached hydrogens (tertiary/aromatic N) is 4. The Bertz CT molecular complexity index is 595. The molecule has 0 unspecified atom stereocenters. The summed E-state index contributed by atoms with van der Waals surface area (Å²) in [6.45, 7) is 0.856. The molecule has 1 saturated heterocycles. The second-order valence-corrected chi connectivity index (χ2v) is 3.61. The minimum atomic E-state index is -0.393. The van der Waals surface area contributed by atoms with Crippen LogP contribution in [0.4, 0.5) is 16.2 Å². The van der Waals surface area contributed by atoms with Crippen molar-refractivity contribution in [2.75, 3.05) is 23.5 Å². The Morgan fingerprint density at radius 3 is 2.84 bits per heavy atom. The van der Waals surface area contributed by atoms with Gasteiger partial charge in [-0.25, -0.2) is 4.79 Å². The third-order valence-corrected chi connectivity index (χ3v) is 2.43. The molecular weight excluding hydrogens is 246 g/mol. The van der Waals surface area contributed by atoms with Crippen LogP contribution in [0.5, 0.6) is 0 Å². The van der Waals surface area contributed by atoms with Gasteiger partial charge in [-0.05, 0) is 18.2 Å². The zero-order valence-electron chi connectivity index (χ0n) is 9.83. The average molecular weight is 255 g/mol. The molecule has 0 aromatic heterocycles. The molecular formula is C12H9N5O2. The molecule has 19 heavy (non-hydrogen) atoms. The number of amides is 1. The SMILES string of the molecule is N#CC(C#N)=NNc1cccc(N2CCOC2=O)c1. The van der Waals surface area contributed by atoms with Crippen molar-refractivity contribution in [2.24, 2.45) is 5.10 Å². The smallest absolute Gasteiger partial charge is 0.414 e. The van der Waals surface area contributed by atoms with Crippen LogP contribution in [0, 0.1) is 22.7 Å². The summed E-state index contributed by atoms with van der Waals surface area (Å²) in [7, 11) is 0. The predicted octanol–water partition coefficient (Wildman–Crippen LogP) is 1.46. The van der Waals surface area contributed by atoms with E-state index in [0.717, 1.165) is 0 Å². The average Bonchev–Trinajstić information content (AvgIpc) is 2.86. The minimum Gasteiger partial charge on any atom is -0.447 e. The highest BCUT2D eigenvalue weighted by Crippen LogP contribution is 2.22. The zero-order chi connectivity index (χ0) is 13.7. The van der Waals surface area contributed by atoms with E-state index in [1.807, 2.05) is 0 Å². The van der Waals surface area contributed by atoms with Gasteiger partial charge in [0.05, 0.1) is 12.2 Å². The Morgan fingerprint density at radius 1 is 1.42 bits per heavy atom. The van der Waals surface area contributed by atoms with E-state index >= 15 is 0 Å². The third-order valence-electron chi connectivity index (χ3n) is 2.43. The van der Waals surface area contributed by atoms with E-state index in [-0.39, 0.29) is 5.71 Å². The number of rotatable bonds is 3. The molecule has 1 heterocycles. The number of hydrazone groups is 1. The topological polar surface area (TPSA) is 102 Å². The van der Waals surface area contributed by atoms with Crippen molar-refractivity contribution < 1.29 is 9.53 Å². The predicted molar refractivity (Wildman–Crippen MR) is 67.4 cm³/mol. The molecule has 0 spiro atoms. The summed E-state index contributed by atoms with van der Waals surface area (Å²) in [6, 6.07) is 10.2. The first-order valence-electron chi connectivity index (χ1n) is 5.43. The largest absolute Gasteiger partial charge is 0.447 e. The number of ether oxygens (including phenoxy) is 1. The van der Waals surface area contributed by atoms with Crippen molar-refractivity contribution in [3.05, 3.63) is 24.3 Å². The molecule has 0 saturated carbocycles. The fraction of sp³-hybridized carbons (Fsp3) is 0.167. The number of nitrogens with one attached hydrogen (secondary N) is 1. The third kappa shape index (κ3) is 2.79. The highest BCUT2D eigenvalue weighted by molar-refractivity contribution is 6.10. The van der Waals surface area contributed by atoms with Crippen LogP contribution in [-0.2, 0) is 4.74 Å². The molecule has 1 aliphatic heterocycles. The van der Waals surface area contributed by atoms with Gasteiger partial charge in [0.25, 0.3) is 0 Å². The van der Waals surface area contributed by atoms with Crippen LogP contribution in [0.15, 0.2) is 29.4 Å². The van der Waals surface area contributed by atoms with Gasteiger partial charge >= 0.3 is 6.09 Å². The lowest BCUT2D eigenvalue weighted by Gasteiger charge is -2.13. The van der Waals surface area contributed by atoms with E-state index in [9.17, 15) is 4.79 Å². The monoisotopic (exact) mass is 255 g/mol. The maximum absolute atomic E-state index is 11.4. The molecule has 1 aromatic rings. The number of anilines is 2. The van der Waals surface area contributed by atoms with Crippen molar-refractivity contribution in [3.8, 4) is 12.1 Å². The Labute approximate surface area is 109 Å². The summed E-state index contributed by atoms with van der Waals surface area (Å²) < 4.78 is 4.85. The Hall–Kier alpha value is -3.06. The van der Waals surface area contributed by atoms with E-state index in [1.54, 1.807) is 36.4 Å². The first-order chi connectivity index (χ1) is 9.24. The lowest BCUT2D eigenvalue weighted by molar-refractivity contribution is 0.181. The second kappa shape index (κ2) is 5.52. The number of hydrogen-bond acceptors (Lipinski definition) is 6. The number of cyclic esters (lactones) is 1. The highest BCUT2D eigenvalue weighted by atomic mass is 16.6. The van der Waals surface area contributed by atoms with Gasteiger partial charge in [0.15, 0.2) is 0 Å². The first-order valence-corrected chi connectivity index (χ1v) is 5.43. The van der Waals surface area contributed by atoms with E-state index < -0.39 is 6.09 Å². The van der Waals surface area contributed by atoms with Crippen LogP contribution in [-0.4, -0.2) is 25.0 Å². The summed E-state index contributed by atoms with van der Waals surface area (Å²) in [4.78, 5) is 12.9. The number of benzene rings is 1. The van der Waals surface area contributed by atoms with Gasteiger partial charge in [-0.1, -0.05) is 6.07 Å². The van der Waals surface area contributed by atoms with Crippen LogP contribution in [0.1, 0.15) is 0 Å². The number of hydrogen-bond donors (Lipinski definition) is 1. The summed E-state index contributed by atoms with van der Waals surface area (Å²) in [5, 5.41) is 20.7. The summed E-state index contributed by atoms with van der Waals surface area (Å²) in [5.74, 6) is 0. The van der Waals surface area contributed by atoms with Crippen molar-refractivity contribution in [3.63, 3.8) is 0 Å². The Morgan fingerprint density at radius 2 is 2.21 bits per heavy atom. The number of nitriles is 2. The van der Waals surface area contributed by atoms with Crippen molar-refractivity contribution in [1.82, 2.24) is 0 Å². The molecule has 1 fully saturated rings. The summed E-state index contributed by atoms with van der Waals surface area (Å²) >= 11 is 0. The second-order valence-electron chi connectivity index (χ2n) is 3.61. The summed E-state index contributed by atoms with van der Waals surface area (Å²) in [5.41, 5.74) is 3.55. The van der Waals surface area contributed by atoms with Crippen LogP contribution in [0.2, 0.25) is 0 Å². The maximum atomic E-state index is 11.4. The molecule has 1 amide bonds. The molecule has 7 heteroatoms. The van der Waals surface area contributed by atoms with Gasteiger partial charge in [-0.3, -0.25) is 10.3 Å². The molecule has 0 atom stereocenters. The number of carbonyl (C=O) groups excluding carboxylic acids is 1. The van der Waals surface area contributed by atoms with Gasteiger partial charge in [0.1, 0.15) is 18.7 Å². The maximum Gasteiger partial charge on any atom is 0.414 e. The van der Waals surface area contributed by atoms with Crippen LogP contribution in [0.3, 0.4) is 0 Å². The van der Waals surface area contributed by atoms with Gasteiger partial charge in [-0.15, -0.1) is 0 Å². The molecule has 1 aromatic carbocycles. The molecule has 94 valence electrons. The minimum absolute atomic E-state index is 0.272. The van der Waals surface area contributed by atoms with Crippen molar-refractivity contribution >= 4 is 23.2 Å². The van der Waals surface area contributed by atoms with Crippen LogP contribution < -0.4 is 10.3 Å². The normalized spacial score (nSPS) is 13.2. The standard InChI is InChI=1S/C12H9N5O2/c13-7-10(8-14)16-15-9-2-1-3-11(6-9)17-4-5-19-12(17)18/h1-3,6,15H,4-5H2. The molecule has 1 N–H and O–H groups in total. The van der Waals surface area contributed by atoms with Gasteiger partial charge in [0, 0.05) is 5.69 Å². The Kier molecular flexibility index (Phi) is 3.60. The Balaban J connectivity index is 2.17. The van der Waals surface area contributed by atoms with Crippen molar-refractivity contribution in [2.45, 2.75) is 0 Å². The lowest BCUT2D eigenvalue weighted by atomic mass is 10.2. The molecule has 2 rings (SSSR count). The van der Waals surface area contributed by atoms with E-state index in [0.29, 0.717) is 24.5 Å².